The van der Waals surface area contributed by atoms with Gasteiger partial charge in [-0.1, -0.05) is 27.7 Å². The van der Waals surface area contributed by atoms with Gasteiger partial charge in [-0.05, 0) is 58.2 Å². The zero-order chi connectivity index (χ0) is 13.4. The quantitative estimate of drug-likeness (QED) is 0.789. The molecule has 0 aromatic carbocycles. The van der Waals surface area contributed by atoms with Crippen LogP contribution >= 0.6 is 15.9 Å². The molecule has 0 amide bonds. The molecular formula is C15H23BrN2. The number of nitrogens with zero attached hydrogens (tertiary/aromatic N) is 1. The Morgan fingerprint density at radius 1 is 1.17 bits per heavy atom. The summed E-state index contributed by atoms with van der Waals surface area (Å²) in [6, 6.07) is 4.62. The summed E-state index contributed by atoms with van der Waals surface area (Å²) < 4.78 is 0.886. The van der Waals surface area contributed by atoms with Crippen LogP contribution in [0.25, 0.3) is 0 Å². The van der Waals surface area contributed by atoms with Crippen molar-refractivity contribution in [3.05, 3.63) is 22.9 Å². The molecule has 1 heterocycles. The molecule has 0 saturated heterocycles. The highest BCUT2D eigenvalue weighted by atomic mass is 79.9. The van der Waals surface area contributed by atoms with Crippen molar-refractivity contribution in [3.63, 3.8) is 0 Å². The molecule has 0 bridgehead atoms. The van der Waals surface area contributed by atoms with Crippen LogP contribution < -0.4 is 5.32 Å². The van der Waals surface area contributed by atoms with E-state index in [1.807, 2.05) is 12.3 Å². The van der Waals surface area contributed by atoms with Crippen LogP contribution in [0.4, 0.5) is 5.69 Å². The first-order valence-corrected chi connectivity index (χ1v) is 7.43. The zero-order valence-electron chi connectivity index (χ0n) is 11.8. The van der Waals surface area contributed by atoms with E-state index in [2.05, 4.69) is 60.0 Å². The molecule has 0 spiro atoms. The fourth-order valence-corrected chi connectivity index (χ4v) is 3.88. The molecule has 1 aromatic rings. The SMILES string of the molecule is CC1(C)CC(Nc2ccc(Br)nc2)CC(C)(C)C1. The van der Waals surface area contributed by atoms with E-state index in [0.29, 0.717) is 16.9 Å². The molecule has 1 aromatic heterocycles. The van der Waals surface area contributed by atoms with Gasteiger partial charge in [-0.15, -0.1) is 0 Å². The molecule has 100 valence electrons. The third-order valence-corrected chi connectivity index (χ3v) is 4.12. The number of hydrogen-bond acceptors (Lipinski definition) is 2. The van der Waals surface area contributed by atoms with Gasteiger partial charge >= 0.3 is 0 Å². The molecule has 1 N–H and O–H groups in total. The van der Waals surface area contributed by atoms with Crippen LogP contribution in [0.2, 0.25) is 0 Å². The maximum absolute atomic E-state index is 4.27. The Hall–Kier alpha value is -0.570. The Kier molecular flexibility index (Phi) is 3.72. The first-order valence-electron chi connectivity index (χ1n) is 6.64. The number of halogens is 1. The average molecular weight is 311 g/mol. The summed E-state index contributed by atoms with van der Waals surface area (Å²) in [4.78, 5) is 4.27. The number of rotatable bonds is 2. The Balaban J connectivity index is 2.07. The second kappa shape index (κ2) is 4.84. The summed E-state index contributed by atoms with van der Waals surface area (Å²) in [6.45, 7) is 9.51. The monoisotopic (exact) mass is 310 g/mol. The molecule has 0 unspecified atom stereocenters. The summed E-state index contributed by atoms with van der Waals surface area (Å²) in [7, 11) is 0. The molecule has 0 atom stereocenters. The first-order chi connectivity index (χ1) is 8.26. The van der Waals surface area contributed by atoms with Crippen LogP contribution in [0.1, 0.15) is 47.0 Å². The van der Waals surface area contributed by atoms with Crippen LogP contribution in [-0.4, -0.2) is 11.0 Å². The number of nitrogens with one attached hydrogen (secondary N) is 1. The van der Waals surface area contributed by atoms with Gasteiger partial charge < -0.3 is 5.32 Å². The molecule has 0 radical (unpaired) electrons. The summed E-state index contributed by atoms with van der Waals surface area (Å²) in [5.74, 6) is 0. The van der Waals surface area contributed by atoms with Gasteiger partial charge in [0.15, 0.2) is 0 Å². The van der Waals surface area contributed by atoms with E-state index in [1.54, 1.807) is 0 Å². The van der Waals surface area contributed by atoms with Crippen molar-refractivity contribution in [2.75, 3.05) is 5.32 Å². The van der Waals surface area contributed by atoms with Gasteiger partial charge in [0.2, 0.25) is 0 Å². The normalized spacial score (nSPS) is 22.7. The van der Waals surface area contributed by atoms with Crippen molar-refractivity contribution in [2.24, 2.45) is 10.8 Å². The Morgan fingerprint density at radius 3 is 2.28 bits per heavy atom. The second-order valence-corrected chi connectivity index (χ2v) is 7.94. The van der Waals surface area contributed by atoms with Gasteiger partial charge in [-0.25, -0.2) is 4.98 Å². The fraction of sp³-hybridized carbons (Fsp3) is 0.667. The molecule has 0 aliphatic heterocycles. The van der Waals surface area contributed by atoms with Gasteiger partial charge in [0, 0.05) is 6.04 Å². The van der Waals surface area contributed by atoms with Gasteiger partial charge in [0.25, 0.3) is 0 Å². The van der Waals surface area contributed by atoms with E-state index >= 15 is 0 Å². The van der Waals surface area contributed by atoms with Crippen molar-refractivity contribution in [3.8, 4) is 0 Å². The van der Waals surface area contributed by atoms with Crippen LogP contribution in [-0.2, 0) is 0 Å². The van der Waals surface area contributed by atoms with Gasteiger partial charge in [-0.2, -0.15) is 0 Å². The number of hydrogen-bond donors (Lipinski definition) is 1. The largest absolute Gasteiger partial charge is 0.381 e. The molecule has 18 heavy (non-hydrogen) atoms. The van der Waals surface area contributed by atoms with Crippen molar-refractivity contribution in [2.45, 2.75) is 53.0 Å². The lowest BCUT2D eigenvalue weighted by atomic mass is 9.63. The maximum Gasteiger partial charge on any atom is 0.106 e. The van der Waals surface area contributed by atoms with Crippen LogP contribution in [0.5, 0.6) is 0 Å². The predicted octanol–water partition coefficient (Wildman–Crippen LogP) is 4.86. The van der Waals surface area contributed by atoms with E-state index in [1.165, 1.54) is 19.3 Å². The van der Waals surface area contributed by atoms with Crippen molar-refractivity contribution in [1.82, 2.24) is 4.98 Å². The fourth-order valence-electron chi connectivity index (χ4n) is 3.65. The van der Waals surface area contributed by atoms with Gasteiger partial charge in [-0.3, -0.25) is 0 Å². The van der Waals surface area contributed by atoms with Crippen molar-refractivity contribution >= 4 is 21.6 Å². The van der Waals surface area contributed by atoms with Crippen LogP contribution in [0.3, 0.4) is 0 Å². The standard InChI is InChI=1S/C15H23BrN2/c1-14(2)7-12(8-15(3,4)10-14)18-11-5-6-13(16)17-9-11/h5-6,9,12,18H,7-8,10H2,1-4H3. The van der Waals surface area contributed by atoms with E-state index in [0.717, 1.165) is 10.3 Å². The number of anilines is 1. The van der Waals surface area contributed by atoms with E-state index in [-0.39, 0.29) is 0 Å². The molecular weight excluding hydrogens is 288 g/mol. The van der Waals surface area contributed by atoms with Gasteiger partial charge in [0.1, 0.15) is 4.60 Å². The molecule has 1 saturated carbocycles. The highest BCUT2D eigenvalue weighted by Crippen LogP contribution is 2.46. The third kappa shape index (κ3) is 3.71. The Labute approximate surface area is 119 Å². The number of pyridine rings is 1. The Morgan fingerprint density at radius 2 is 1.78 bits per heavy atom. The zero-order valence-corrected chi connectivity index (χ0v) is 13.3. The van der Waals surface area contributed by atoms with Crippen molar-refractivity contribution < 1.29 is 0 Å². The Bertz CT molecular complexity index is 393. The minimum Gasteiger partial charge on any atom is -0.381 e. The highest BCUT2D eigenvalue weighted by molar-refractivity contribution is 9.10. The molecule has 3 heteroatoms. The van der Waals surface area contributed by atoms with Crippen LogP contribution in [0, 0.1) is 10.8 Å². The topological polar surface area (TPSA) is 24.9 Å². The number of aromatic nitrogens is 1. The van der Waals surface area contributed by atoms with Crippen LogP contribution in [0.15, 0.2) is 22.9 Å². The highest BCUT2D eigenvalue weighted by Gasteiger charge is 2.38. The lowest BCUT2D eigenvalue weighted by Crippen LogP contribution is -2.40. The molecule has 1 fully saturated rings. The predicted molar refractivity (Wildman–Crippen MR) is 80.8 cm³/mol. The van der Waals surface area contributed by atoms with E-state index in [4.69, 9.17) is 0 Å². The van der Waals surface area contributed by atoms with E-state index < -0.39 is 0 Å². The molecule has 1 aliphatic rings. The maximum atomic E-state index is 4.27. The average Bonchev–Trinajstić information content (AvgIpc) is 2.16. The lowest BCUT2D eigenvalue weighted by Gasteiger charge is -2.45. The molecule has 2 rings (SSSR count). The summed E-state index contributed by atoms with van der Waals surface area (Å²) in [5, 5.41) is 3.64. The smallest absolute Gasteiger partial charge is 0.106 e. The first kappa shape index (κ1) is 13.9. The minimum absolute atomic E-state index is 0.419. The molecule has 2 nitrogen and oxygen atoms in total. The summed E-state index contributed by atoms with van der Waals surface area (Å²) >= 11 is 3.37. The van der Waals surface area contributed by atoms with Gasteiger partial charge in [0.05, 0.1) is 11.9 Å². The van der Waals surface area contributed by atoms with Crippen molar-refractivity contribution in [1.29, 1.82) is 0 Å². The lowest BCUT2D eigenvalue weighted by molar-refractivity contribution is 0.105. The summed E-state index contributed by atoms with van der Waals surface area (Å²) in [6.07, 6.45) is 5.66. The minimum atomic E-state index is 0.419. The summed E-state index contributed by atoms with van der Waals surface area (Å²) in [5.41, 5.74) is 1.96. The van der Waals surface area contributed by atoms with E-state index in [9.17, 15) is 0 Å². The molecule has 1 aliphatic carbocycles. The second-order valence-electron chi connectivity index (χ2n) is 7.12. The third-order valence-electron chi connectivity index (χ3n) is 3.65.